The average Bonchev–Trinajstić information content (AvgIpc) is 3.12. The molecule has 1 N–H and O–H groups in total. The molecule has 0 aliphatic carbocycles. The number of rotatable bonds is 8. The second-order valence-corrected chi connectivity index (χ2v) is 7.60. The van der Waals surface area contributed by atoms with Gasteiger partial charge in [0.1, 0.15) is 0 Å². The number of anilines is 1. The maximum atomic E-state index is 13.2. The molecule has 1 heterocycles. The third-order valence-corrected chi connectivity index (χ3v) is 5.23. The van der Waals surface area contributed by atoms with E-state index < -0.39 is 23.3 Å². The second-order valence-electron chi connectivity index (χ2n) is 6.66. The Bertz CT molecular complexity index is 1140. The van der Waals surface area contributed by atoms with Crippen molar-refractivity contribution >= 4 is 29.6 Å². The minimum Gasteiger partial charge on any atom is -0.272 e. The van der Waals surface area contributed by atoms with Gasteiger partial charge >= 0.3 is 11.9 Å². The molecule has 0 atom stereocenters. The summed E-state index contributed by atoms with van der Waals surface area (Å²) in [7, 11) is 0. The molecule has 0 spiro atoms. The van der Waals surface area contributed by atoms with Crippen LogP contribution in [0.4, 0.5) is 18.9 Å². The first kappa shape index (κ1) is 23.3. The Morgan fingerprint density at radius 3 is 2.66 bits per heavy atom. The van der Waals surface area contributed by atoms with Crippen LogP contribution in [0.5, 0.6) is 0 Å². The topological polar surface area (TPSA) is 83.3 Å². The SMILES string of the molecule is CCCn1c(SCC(=O)N(N=Cc2ccccc2)c2cccc(C(F)(F)F)c2)n[nH]c1=O. The molecule has 2 aromatic carbocycles. The monoisotopic (exact) mass is 463 g/mol. The van der Waals surface area contributed by atoms with Gasteiger partial charge < -0.3 is 0 Å². The fourth-order valence-corrected chi connectivity index (χ4v) is 3.59. The Kier molecular flexibility index (Phi) is 7.52. The molecular formula is C21H20F3N5O2S. The Labute approximate surface area is 185 Å². The van der Waals surface area contributed by atoms with Crippen molar-refractivity contribution in [2.45, 2.75) is 31.2 Å². The molecule has 11 heteroatoms. The fourth-order valence-electron chi connectivity index (χ4n) is 2.77. The number of nitrogens with one attached hydrogen (secondary N) is 1. The molecular weight excluding hydrogens is 443 g/mol. The lowest BCUT2D eigenvalue weighted by Gasteiger charge is -2.18. The molecule has 0 aliphatic rings. The van der Waals surface area contributed by atoms with Crippen LogP contribution >= 0.6 is 11.8 Å². The van der Waals surface area contributed by atoms with Gasteiger partial charge in [-0.05, 0) is 30.2 Å². The van der Waals surface area contributed by atoms with Gasteiger partial charge in [0.05, 0.1) is 23.2 Å². The number of aromatic nitrogens is 3. The number of hydrogen-bond donors (Lipinski definition) is 1. The molecule has 0 bridgehead atoms. The Hall–Kier alpha value is -3.34. The van der Waals surface area contributed by atoms with Gasteiger partial charge in [-0.1, -0.05) is 55.1 Å². The predicted molar refractivity (Wildman–Crippen MR) is 117 cm³/mol. The summed E-state index contributed by atoms with van der Waals surface area (Å²) in [4.78, 5) is 24.8. The van der Waals surface area contributed by atoms with Crippen molar-refractivity contribution in [3.63, 3.8) is 0 Å². The molecule has 0 saturated heterocycles. The van der Waals surface area contributed by atoms with E-state index in [0.717, 1.165) is 28.9 Å². The van der Waals surface area contributed by atoms with Gasteiger partial charge in [0.25, 0.3) is 5.91 Å². The molecule has 0 saturated carbocycles. The number of hydrogen-bond acceptors (Lipinski definition) is 5. The second kappa shape index (κ2) is 10.3. The van der Waals surface area contributed by atoms with Crippen molar-refractivity contribution < 1.29 is 18.0 Å². The molecule has 1 aromatic heterocycles. The van der Waals surface area contributed by atoms with E-state index in [-0.39, 0.29) is 11.4 Å². The van der Waals surface area contributed by atoms with E-state index >= 15 is 0 Å². The van der Waals surface area contributed by atoms with Crippen LogP contribution in [-0.4, -0.2) is 32.6 Å². The number of hydrazone groups is 1. The molecule has 1 amide bonds. The first-order chi connectivity index (χ1) is 15.3. The lowest BCUT2D eigenvalue weighted by atomic mass is 10.2. The van der Waals surface area contributed by atoms with Gasteiger partial charge in [0.15, 0.2) is 5.16 Å². The summed E-state index contributed by atoms with van der Waals surface area (Å²) in [5.41, 5.74) is -0.627. The van der Waals surface area contributed by atoms with Crippen molar-refractivity contribution in [2.24, 2.45) is 5.10 Å². The Morgan fingerprint density at radius 2 is 1.97 bits per heavy atom. The number of amides is 1. The van der Waals surface area contributed by atoms with E-state index in [4.69, 9.17) is 0 Å². The van der Waals surface area contributed by atoms with Crippen LogP contribution in [0, 0.1) is 0 Å². The summed E-state index contributed by atoms with van der Waals surface area (Å²) in [6.45, 7) is 2.32. The zero-order valence-electron chi connectivity index (χ0n) is 17.0. The van der Waals surface area contributed by atoms with Crippen LogP contribution in [0.25, 0.3) is 0 Å². The third kappa shape index (κ3) is 5.88. The summed E-state index contributed by atoms with van der Waals surface area (Å²) in [6.07, 6.45) is -2.48. The number of carbonyl (C=O) groups is 1. The molecule has 0 aliphatic heterocycles. The van der Waals surface area contributed by atoms with Gasteiger partial charge in [-0.15, -0.1) is 5.10 Å². The zero-order valence-corrected chi connectivity index (χ0v) is 17.9. The van der Waals surface area contributed by atoms with Crippen LogP contribution in [0.2, 0.25) is 0 Å². The summed E-state index contributed by atoms with van der Waals surface area (Å²) < 4.78 is 40.9. The van der Waals surface area contributed by atoms with Crippen molar-refractivity contribution in [1.29, 1.82) is 0 Å². The fraction of sp³-hybridized carbons (Fsp3) is 0.238. The molecule has 32 heavy (non-hydrogen) atoms. The number of benzene rings is 2. The van der Waals surface area contributed by atoms with E-state index in [9.17, 15) is 22.8 Å². The Morgan fingerprint density at radius 1 is 1.22 bits per heavy atom. The Balaban J connectivity index is 1.88. The van der Waals surface area contributed by atoms with Gasteiger partial charge in [0.2, 0.25) is 0 Å². The van der Waals surface area contributed by atoms with Crippen LogP contribution in [0.1, 0.15) is 24.5 Å². The van der Waals surface area contributed by atoms with Gasteiger partial charge in [-0.2, -0.15) is 18.3 Å². The average molecular weight is 463 g/mol. The summed E-state index contributed by atoms with van der Waals surface area (Å²) in [5.74, 6) is -0.754. The maximum absolute atomic E-state index is 13.2. The van der Waals surface area contributed by atoms with Crippen molar-refractivity contribution in [2.75, 3.05) is 10.8 Å². The summed E-state index contributed by atoms with van der Waals surface area (Å²) in [6, 6.07) is 13.2. The van der Waals surface area contributed by atoms with Gasteiger partial charge in [-0.3, -0.25) is 9.36 Å². The number of halogens is 3. The van der Waals surface area contributed by atoms with E-state index in [1.165, 1.54) is 22.9 Å². The standard InChI is InChI=1S/C21H20F3N5O2S/c1-2-11-28-19(31)26-27-20(28)32-14-18(30)29(25-13-15-7-4-3-5-8-15)17-10-6-9-16(12-17)21(22,23)24/h3-10,12-13H,2,11,14H2,1H3,(H,26,31). The minimum atomic E-state index is -4.56. The maximum Gasteiger partial charge on any atom is 0.416 e. The number of aromatic amines is 1. The highest BCUT2D eigenvalue weighted by Gasteiger charge is 2.31. The lowest BCUT2D eigenvalue weighted by molar-refractivity contribution is -0.137. The highest BCUT2D eigenvalue weighted by Crippen LogP contribution is 2.32. The molecule has 7 nitrogen and oxygen atoms in total. The lowest BCUT2D eigenvalue weighted by Crippen LogP contribution is -2.28. The normalized spacial score (nSPS) is 11.8. The number of carbonyl (C=O) groups excluding carboxylic acids is 1. The van der Waals surface area contributed by atoms with E-state index in [1.54, 1.807) is 24.3 Å². The van der Waals surface area contributed by atoms with E-state index in [2.05, 4.69) is 15.3 Å². The molecule has 168 valence electrons. The van der Waals surface area contributed by atoms with Crippen LogP contribution in [-0.2, 0) is 17.5 Å². The summed E-state index contributed by atoms with van der Waals surface area (Å²) >= 11 is 1.00. The molecule has 0 radical (unpaired) electrons. The van der Waals surface area contributed by atoms with Crippen LogP contribution in [0.15, 0.2) is 69.6 Å². The van der Waals surface area contributed by atoms with E-state index in [0.29, 0.717) is 23.7 Å². The molecule has 3 rings (SSSR count). The first-order valence-corrected chi connectivity index (χ1v) is 10.7. The quantitative estimate of drug-likeness (QED) is 0.309. The van der Waals surface area contributed by atoms with Crippen molar-refractivity contribution in [1.82, 2.24) is 14.8 Å². The smallest absolute Gasteiger partial charge is 0.272 e. The van der Waals surface area contributed by atoms with Gasteiger partial charge in [0, 0.05) is 6.54 Å². The molecule has 0 fully saturated rings. The van der Waals surface area contributed by atoms with Crippen LogP contribution < -0.4 is 10.7 Å². The largest absolute Gasteiger partial charge is 0.416 e. The number of thioether (sulfide) groups is 1. The summed E-state index contributed by atoms with van der Waals surface area (Å²) in [5, 5.41) is 11.6. The highest BCUT2D eigenvalue weighted by molar-refractivity contribution is 7.99. The van der Waals surface area contributed by atoms with E-state index in [1.807, 2.05) is 13.0 Å². The van der Waals surface area contributed by atoms with Crippen molar-refractivity contribution in [3.05, 3.63) is 76.2 Å². The highest BCUT2D eigenvalue weighted by atomic mass is 32.2. The third-order valence-electron chi connectivity index (χ3n) is 4.27. The van der Waals surface area contributed by atoms with Crippen LogP contribution in [0.3, 0.4) is 0 Å². The number of alkyl halides is 3. The molecule has 3 aromatic rings. The first-order valence-electron chi connectivity index (χ1n) is 9.67. The number of nitrogens with zero attached hydrogens (tertiary/aromatic N) is 4. The minimum absolute atomic E-state index is 0.0226. The zero-order chi connectivity index (χ0) is 23.1. The van der Waals surface area contributed by atoms with Gasteiger partial charge in [-0.25, -0.2) is 14.9 Å². The predicted octanol–water partition coefficient (Wildman–Crippen LogP) is 4.16. The number of H-pyrrole nitrogens is 1. The molecule has 0 unspecified atom stereocenters. The van der Waals surface area contributed by atoms with Crippen molar-refractivity contribution in [3.8, 4) is 0 Å².